The normalized spacial score (nSPS) is 18.5. The molecule has 0 aliphatic carbocycles. The van der Waals surface area contributed by atoms with Gasteiger partial charge in [0.2, 0.25) is 10.0 Å². The summed E-state index contributed by atoms with van der Waals surface area (Å²) in [5.41, 5.74) is -0.0513. The molecule has 1 fully saturated rings. The molecule has 1 saturated heterocycles. The Morgan fingerprint density at radius 1 is 1.45 bits per heavy atom. The number of hydrogen-bond donors (Lipinski definition) is 2. The van der Waals surface area contributed by atoms with Crippen molar-refractivity contribution in [2.75, 3.05) is 13.1 Å². The first-order chi connectivity index (χ1) is 9.81. The number of piperidine rings is 1. The van der Waals surface area contributed by atoms with Crippen molar-refractivity contribution in [3.05, 3.63) is 32.8 Å². The molecule has 0 amide bonds. The van der Waals surface area contributed by atoms with E-state index in [0.29, 0.717) is 6.54 Å². The first-order valence-electron chi connectivity index (χ1n) is 6.49. The van der Waals surface area contributed by atoms with Crippen LogP contribution in [0.1, 0.15) is 18.4 Å². The Kier molecular flexibility index (Phi) is 6.57. The zero-order valence-corrected chi connectivity index (χ0v) is 14.2. The SMILES string of the molecule is Cc1c(Cl)cc(S(=O)(=O)NC2CCCNC2)cc1[N+](=O)[O-].Cl. The second-order valence-corrected chi connectivity index (χ2v) is 7.09. The number of hydrogen-bond acceptors (Lipinski definition) is 5. The zero-order valence-electron chi connectivity index (χ0n) is 11.8. The van der Waals surface area contributed by atoms with Gasteiger partial charge >= 0.3 is 0 Å². The number of nitrogens with zero attached hydrogens (tertiary/aromatic N) is 1. The van der Waals surface area contributed by atoms with Gasteiger partial charge in [0, 0.05) is 24.2 Å². The predicted molar refractivity (Wildman–Crippen MR) is 86.3 cm³/mol. The van der Waals surface area contributed by atoms with Gasteiger partial charge in [0.15, 0.2) is 0 Å². The summed E-state index contributed by atoms with van der Waals surface area (Å²) in [4.78, 5) is 10.1. The standard InChI is InChI=1S/C12H16ClN3O4S.ClH/c1-8-11(13)5-10(6-12(8)16(17)18)21(19,20)15-9-3-2-4-14-7-9;/h5-6,9,14-15H,2-4,7H2,1H3;1H. The zero-order chi connectivity index (χ0) is 15.6. The van der Waals surface area contributed by atoms with Gasteiger partial charge in [0.1, 0.15) is 0 Å². The van der Waals surface area contributed by atoms with Crippen molar-refractivity contribution in [3.8, 4) is 0 Å². The van der Waals surface area contributed by atoms with Gasteiger partial charge in [-0.05, 0) is 32.4 Å². The largest absolute Gasteiger partial charge is 0.315 e. The van der Waals surface area contributed by atoms with Gasteiger partial charge in [-0.15, -0.1) is 12.4 Å². The summed E-state index contributed by atoms with van der Waals surface area (Å²) in [7, 11) is -3.83. The number of nitro groups is 1. The molecule has 1 atom stereocenters. The highest BCUT2D eigenvalue weighted by Gasteiger charge is 2.25. The molecule has 1 aliphatic heterocycles. The maximum Gasteiger partial charge on any atom is 0.275 e. The van der Waals surface area contributed by atoms with E-state index in [0.717, 1.165) is 25.5 Å². The minimum atomic E-state index is -3.83. The van der Waals surface area contributed by atoms with Gasteiger partial charge in [0.05, 0.1) is 14.8 Å². The Balaban J connectivity index is 0.00000242. The first-order valence-corrected chi connectivity index (χ1v) is 8.35. The lowest BCUT2D eigenvalue weighted by Crippen LogP contribution is -2.45. The molecule has 1 aromatic carbocycles. The lowest BCUT2D eigenvalue weighted by atomic mass is 10.1. The van der Waals surface area contributed by atoms with Gasteiger partial charge < -0.3 is 5.32 Å². The van der Waals surface area contributed by atoms with Crippen molar-refractivity contribution in [1.29, 1.82) is 0 Å². The van der Waals surface area contributed by atoms with Crippen LogP contribution in [0.15, 0.2) is 17.0 Å². The second kappa shape index (κ2) is 7.56. The van der Waals surface area contributed by atoms with Crippen molar-refractivity contribution >= 4 is 39.7 Å². The molecule has 0 spiro atoms. The molecular formula is C12H17Cl2N3O4S. The first kappa shape index (κ1) is 19.1. The molecule has 2 N–H and O–H groups in total. The monoisotopic (exact) mass is 369 g/mol. The van der Waals surface area contributed by atoms with Crippen LogP contribution in [0.2, 0.25) is 5.02 Å². The van der Waals surface area contributed by atoms with Crippen LogP contribution in [0.3, 0.4) is 0 Å². The fourth-order valence-corrected chi connectivity index (χ4v) is 3.82. The van der Waals surface area contributed by atoms with Crippen LogP contribution in [-0.4, -0.2) is 32.5 Å². The van der Waals surface area contributed by atoms with E-state index in [-0.39, 0.29) is 39.6 Å². The van der Waals surface area contributed by atoms with Crippen molar-refractivity contribution in [3.63, 3.8) is 0 Å². The van der Waals surface area contributed by atoms with E-state index in [1.165, 1.54) is 13.0 Å². The van der Waals surface area contributed by atoms with Gasteiger partial charge in [-0.25, -0.2) is 13.1 Å². The summed E-state index contributed by atoms with van der Waals surface area (Å²) in [5, 5.41) is 14.1. The van der Waals surface area contributed by atoms with Crippen LogP contribution < -0.4 is 10.0 Å². The molecule has 124 valence electrons. The minimum Gasteiger partial charge on any atom is -0.315 e. The molecule has 0 radical (unpaired) electrons. The van der Waals surface area contributed by atoms with Gasteiger partial charge in [-0.3, -0.25) is 10.1 Å². The third-order valence-electron chi connectivity index (χ3n) is 3.42. The van der Waals surface area contributed by atoms with E-state index in [9.17, 15) is 18.5 Å². The summed E-state index contributed by atoms with van der Waals surface area (Å²) >= 11 is 5.90. The van der Waals surface area contributed by atoms with Gasteiger partial charge in [-0.1, -0.05) is 11.6 Å². The number of benzene rings is 1. The van der Waals surface area contributed by atoms with Crippen LogP contribution in [0.4, 0.5) is 5.69 Å². The third-order valence-corrected chi connectivity index (χ3v) is 5.31. The molecule has 1 aromatic rings. The molecule has 7 nitrogen and oxygen atoms in total. The Morgan fingerprint density at radius 3 is 2.68 bits per heavy atom. The topological polar surface area (TPSA) is 101 Å². The summed E-state index contributed by atoms with van der Waals surface area (Å²) in [6, 6.07) is 2.06. The highest BCUT2D eigenvalue weighted by molar-refractivity contribution is 7.89. The maximum absolute atomic E-state index is 12.3. The van der Waals surface area contributed by atoms with Crippen LogP contribution in [0, 0.1) is 17.0 Å². The summed E-state index contributed by atoms with van der Waals surface area (Å²) in [6.45, 7) is 2.89. The highest BCUT2D eigenvalue weighted by atomic mass is 35.5. The van der Waals surface area contributed by atoms with Crippen LogP contribution in [0.25, 0.3) is 0 Å². The van der Waals surface area contributed by atoms with E-state index in [4.69, 9.17) is 11.6 Å². The van der Waals surface area contributed by atoms with E-state index in [1.807, 2.05) is 0 Å². The van der Waals surface area contributed by atoms with Gasteiger partial charge in [0.25, 0.3) is 5.69 Å². The molecule has 0 aromatic heterocycles. The summed E-state index contributed by atoms with van der Waals surface area (Å²) in [6.07, 6.45) is 1.61. The molecule has 1 aliphatic rings. The fourth-order valence-electron chi connectivity index (χ4n) is 2.22. The maximum atomic E-state index is 12.3. The molecule has 1 heterocycles. The van der Waals surface area contributed by atoms with Crippen LogP contribution in [-0.2, 0) is 10.0 Å². The lowest BCUT2D eigenvalue weighted by Gasteiger charge is -2.23. The Bertz CT molecular complexity index is 661. The molecule has 10 heteroatoms. The van der Waals surface area contributed by atoms with Gasteiger partial charge in [-0.2, -0.15) is 0 Å². The minimum absolute atomic E-state index is 0. The van der Waals surface area contributed by atoms with Crippen molar-refractivity contribution < 1.29 is 13.3 Å². The summed E-state index contributed by atoms with van der Waals surface area (Å²) < 4.78 is 27.2. The quantitative estimate of drug-likeness (QED) is 0.624. The molecule has 22 heavy (non-hydrogen) atoms. The number of nitrogens with one attached hydrogen (secondary N) is 2. The number of rotatable bonds is 4. The number of sulfonamides is 1. The van der Waals surface area contributed by atoms with Crippen LogP contribution in [0.5, 0.6) is 0 Å². The second-order valence-electron chi connectivity index (χ2n) is 4.97. The average Bonchev–Trinajstić information content (AvgIpc) is 2.41. The molecule has 0 bridgehead atoms. The fraction of sp³-hybridized carbons (Fsp3) is 0.500. The van der Waals surface area contributed by atoms with Crippen LogP contribution >= 0.6 is 24.0 Å². The lowest BCUT2D eigenvalue weighted by molar-refractivity contribution is -0.385. The Labute approximate surface area is 140 Å². The smallest absolute Gasteiger partial charge is 0.275 e. The van der Waals surface area contributed by atoms with E-state index in [1.54, 1.807) is 0 Å². The van der Waals surface area contributed by atoms with Crippen molar-refractivity contribution in [2.24, 2.45) is 0 Å². The highest BCUT2D eigenvalue weighted by Crippen LogP contribution is 2.29. The van der Waals surface area contributed by atoms with E-state index >= 15 is 0 Å². The number of halogens is 2. The Hall–Kier alpha value is -0.930. The third kappa shape index (κ3) is 4.30. The Morgan fingerprint density at radius 2 is 2.14 bits per heavy atom. The van der Waals surface area contributed by atoms with Crippen molar-refractivity contribution in [2.45, 2.75) is 30.7 Å². The number of nitro benzene ring substituents is 1. The summed E-state index contributed by atoms with van der Waals surface area (Å²) in [5.74, 6) is 0. The van der Waals surface area contributed by atoms with E-state index < -0.39 is 14.9 Å². The predicted octanol–water partition coefficient (Wildman–Crippen LogP) is 2.01. The molecule has 2 rings (SSSR count). The molecular weight excluding hydrogens is 353 g/mol. The molecule has 1 unspecified atom stereocenters. The average molecular weight is 370 g/mol. The molecule has 0 saturated carbocycles. The van der Waals surface area contributed by atoms with Crippen molar-refractivity contribution in [1.82, 2.24) is 10.0 Å². The van der Waals surface area contributed by atoms with E-state index in [2.05, 4.69) is 10.0 Å².